The molecule has 7 heteroatoms. The van der Waals surface area contributed by atoms with Gasteiger partial charge < -0.3 is 4.74 Å². The maximum absolute atomic E-state index is 12.4. The van der Waals surface area contributed by atoms with Crippen molar-refractivity contribution in [3.05, 3.63) is 58.7 Å². The maximum Gasteiger partial charge on any atom is 0.327 e. The third kappa shape index (κ3) is 2.67. The lowest BCUT2D eigenvalue weighted by Crippen LogP contribution is -2.46. The molecule has 1 aliphatic carbocycles. The monoisotopic (exact) mass is 317 g/mol. The van der Waals surface area contributed by atoms with Gasteiger partial charge in [0, 0.05) is 17.0 Å². The average Bonchev–Trinajstić information content (AvgIpc) is 2.52. The number of non-ortho nitro benzene ring substituents is 1. The molecule has 1 aromatic carbocycles. The highest BCUT2D eigenvalue weighted by atomic mass is 32.2. The molecule has 1 aliphatic heterocycles. The summed E-state index contributed by atoms with van der Waals surface area (Å²) in [5.74, 6) is -1.24. The SMILES string of the molecule is O=C1O[C@@H]2C=CC=C[C@H]2C(=O)[C@@H]1Sc1ccc([N+](=O)[O-])cc1. The van der Waals surface area contributed by atoms with Gasteiger partial charge in [0.15, 0.2) is 11.0 Å². The summed E-state index contributed by atoms with van der Waals surface area (Å²) in [5.41, 5.74) is -0.0395. The summed E-state index contributed by atoms with van der Waals surface area (Å²) in [6.45, 7) is 0. The van der Waals surface area contributed by atoms with Gasteiger partial charge in [0.25, 0.3) is 5.69 Å². The second-order valence-corrected chi connectivity index (χ2v) is 6.03. The molecule has 2 aliphatic rings. The minimum Gasteiger partial charge on any atom is -0.456 e. The number of nitro benzene ring substituents is 1. The number of benzene rings is 1. The van der Waals surface area contributed by atoms with Crippen molar-refractivity contribution in [2.24, 2.45) is 5.92 Å². The van der Waals surface area contributed by atoms with Crippen LogP contribution in [0.2, 0.25) is 0 Å². The Balaban J connectivity index is 1.78. The predicted octanol–water partition coefficient (Wildman–Crippen LogP) is 2.29. The highest BCUT2D eigenvalue weighted by Gasteiger charge is 2.44. The van der Waals surface area contributed by atoms with E-state index < -0.39 is 28.2 Å². The summed E-state index contributed by atoms with van der Waals surface area (Å²) in [4.78, 5) is 35.2. The fourth-order valence-corrected chi connectivity index (χ4v) is 3.32. The number of fused-ring (bicyclic) bond motifs is 1. The minimum atomic E-state index is -0.946. The van der Waals surface area contributed by atoms with Gasteiger partial charge in [-0.15, -0.1) is 11.8 Å². The van der Waals surface area contributed by atoms with Gasteiger partial charge in [-0.2, -0.15) is 0 Å². The van der Waals surface area contributed by atoms with Crippen LogP contribution in [0.5, 0.6) is 0 Å². The summed E-state index contributed by atoms with van der Waals surface area (Å²) in [5, 5.41) is 9.67. The zero-order valence-corrected chi connectivity index (χ0v) is 12.1. The van der Waals surface area contributed by atoms with Gasteiger partial charge in [0.05, 0.1) is 10.8 Å². The highest BCUT2D eigenvalue weighted by molar-refractivity contribution is 8.01. The molecule has 0 amide bonds. The number of rotatable bonds is 3. The molecule has 0 saturated carbocycles. The van der Waals surface area contributed by atoms with Gasteiger partial charge >= 0.3 is 5.97 Å². The number of esters is 1. The van der Waals surface area contributed by atoms with Crippen LogP contribution in [0.15, 0.2) is 53.5 Å². The molecular formula is C15H11NO5S. The molecule has 1 fully saturated rings. The fourth-order valence-electron chi connectivity index (χ4n) is 2.33. The van der Waals surface area contributed by atoms with Crippen molar-refractivity contribution < 1.29 is 19.2 Å². The minimum absolute atomic E-state index is 0.0395. The molecule has 3 rings (SSSR count). The topological polar surface area (TPSA) is 86.5 Å². The van der Waals surface area contributed by atoms with E-state index in [-0.39, 0.29) is 11.5 Å². The Morgan fingerprint density at radius 1 is 1.09 bits per heavy atom. The van der Waals surface area contributed by atoms with Crippen LogP contribution in [0.3, 0.4) is 0 Å². The standard InChI is InChI=1S/C15H11NO5S/c17-13-11-3-1-2-4-12(11)21-15(18)14(13)22-10-7-5-9(6-8-10)16(19)20/h1-8,11-12,14H/t11-,12-,14+/m1/s1. The predicted molar refractivity (Wildman–Crippen MR) is 79.4 cm³/mol. The molecular weight excluding hydrogens is 306 g/mol. The van der Waals surface area contributed by atoms with Gasteiger partial charge in [-0.25, -0.2) is 0 Å². The number of hydrogen-bond acceptors (Lipinski definition) is 6. The van der Waals surface area contributed by atoms with Gasteiger partial charge in [0.1, 0.15) is 6.10 Å². The van der Waals surface area contributed by atoms with Crippen LogP contribution in [-0.2, 0) is 14.3 Å². The van der Waals surface area contributed by atoms with E-state index >= 15 is 0 Å². The highest BCUT2D eigenvalue weighted by Crippen LogP contribution is 2.34. The number of thioether (sulfide) groups is 1. The van der Waals surface area contributed by atoms with Crippen LogP contribution in [0.25, 0.3) is 0 Å². The second-order valence-electron chi connectivity index (χ2n) is 4.85. The maximum atomic E-state index is 12.4. The Kier molecular flexibility index (Phi) is 3.81. The molecule has 112 valence electrons. The van der Waals surface area contributed by atoms with Crippen molar-refractivity contribution in [2.45, 2.75) is 16.2 Å². The molecule has 1 aromatic rings. The van der Waals surface area contributed by atoms with E-state index in [9.17, 15) is 19.7 Å². The Morgan fingerprint density at radius 2 is 1.77 bits per heavy atom. The van der Waals surface area contributed by atoms with E-state index in [4.69, 9.17) is 4.74 Å². The van der Waals surface area contributed by atoms with Gasteiger partial charge in [-0.1, -0.05) is 18.2 Å². The summed E-state index contributed by atoms with van der Waals surface area (Å²) in [7, 11) is 0. The van der Waals surface area contributed by atoms with E-state index in [1.54, 1.807) is 24.3 Å². The van der Waals surface area contributed by atoms with Crippen molar-refractivity contribution in [3.63, 3.8) is 0 Å². The van der Waals surface area contributed by atoms with Crippen LogP contribution in [0, 0.1) is 16.0 Å². The number of carbonyl (C=O) groups excluding carboxylic acids is 2. The zero-order valence-electron chi connectivity index (χ0n) is 11.2. The molecule has 0 radical (unpaired) electrons. The van der Waals surface area contributed by atoms with Gasteiger partial charge in [0.2, 0.25) is 0 Å². The number of hydrogen-bond donors (Lipinski definition) is 0. The molecule has 0 aromatic heterocycles. The van der Waals surface area contributed by atoms with Crippen LogP contribution in [0.1, 0.15) is 0 Å². The van der Waals surface area contributed by atoms with Crippen LogP contribution >= 0.6 is 11.8 Å². The molecule has 0 bridgehead atoms. The number of carbonyl (C=O) groups is 2. The molecule has 3 atom stereocenters. The molecule has 22 heavy (non-hydrogen) atoms. The largest absolute Gasteiger partial charge is 0.456 e. The van der Waals surface area contributed by atoms with Crippen LogP contribution < -0.4 is 0 Å². The van der Waals surface area contributed by atoms with E-state index in [1.165, 1.54) is 24.3 Å². The summed E-state index contributed by atoms with van der Waals surface area (Å²) < 4.78 is 5.28. The van der Waals surface area contributed by atoms with E-state index in [1.807, 2.05) is 0 Å². The lowest BCUT2D eigenvalue weighted by molar-refractivity contribution is -0.384. The first-order valence-corrected chi connectivity index (χ1v) is 7.44. The van der Waals surface area contributed by atoms with Crippen molar-refractivity contribution in [1.29, 1.82) is 0 Å². The summed E-state index contributed by atoms with van der Waals surface area (Å²) >= 11 is 1.05. The lowest BCUT2D eigenvalue weighted by Gasteiger charge is -2.31. The molecule has 0 unspecified atom stereocenters. The average molecular weight is 317 g/mol. The summed E-state index contributed by atoms with van der Waals surface area (Å²) in [6.07, 6.45) is 6.38. The van der Waals surface area contributed by atoms with E-state index in [0.717, 1.165) is 11.8 Å². The first-order valence-electron chi connectivity index (χ1n) is 6.56. The number of nitrogens with zero attached hydrogens (tertiary/aromatic N) is 1. The first kappa shape index (κ1) is 14.5. The van der Waals surface area contributed by atoms with Gasteiger partial charge in [-0.05, 0) is 18.2 Å². The van der Waals surface area contributed by atoms with E-state index in [0.29, 0.717) is 4.90 Å². The van der Waals surface area contributed by atoms with Crippen molar-refractivity contribution in [2.75, 3.05) is 0 Å². The lowest BCUT2D eigenvalue weighted by atomic mass is 9.89. The Hall–Kier alpha value is -2.41. The van der Waals surface area contributed by atoms with Crippen molar-refractivity contribution >= 4 is 29.2 Å². The summed E-state index contributed by atoms with van der Waals surface area (Å²) in [6, 6.07) is 5.72. The fraction of sp³-hybridized carbons (Fsp3) is 0.200. The molecule has 1 heterocycles. The normalized spacial score (nSPS) is 26.5. The Morgan fingerprint density at radius 3 is 2.45 bits per heavy atom. The number of ketones is 1. The third-order valence-corrected chi connectivity index (χ3v) is 4.64. The molecule has 0 N–H and O–H groups in total. The molecule has 1 saturated heterocycles. The third-order valence-electron chi connectivity index (χ3n) is 3.44. The van der Waals surface area contributed by atoms with Gasteiger partial charge in [-0.3, -0.25) is 19.7 Å². The van der Waals surface area contributed by atoms with Crippen molar-refractivity contribution in [3.8, 4) is 0 Å². The van der Waals surface area contributed by atoms with Crippen LogP contribution in [0.4, 0.5) is 5.69 Å². The molecule has 0 spiro atoms. The number of allylic oxidation sites excluding steroid dienone is 2. The smallest absolute Gasteiger partial charge is 0.327 e. The number of Topliss-reactive ketones (excluding diaryl/α,β-unsaturated/α-hetero) is 1. The van der Waals surface area contributed by atoms with E-state index in [2.05, 4.69) is 0 Å². The van der Waals surface area contributed by atoms with Crippen LogP contribution in [-0.4, -0.2) is 28.0 Å². The second kappa shape index (κ2) is 5.76. The zero-order chi connectivity index (χ0) is 15.7. The quantitative estimate of drug-likeness (QED) is 0.368. The Labute approximate surface area is 130 Å². The number of ether oxygens (including phenoxy) is 1. The number of nitro groups is 1. The van der Waals surface area contributed by atoms with Crippen molar-refractivity contribution in [1.82, 2.24) is 0 Å². The molecule has 6 nitrogen and oxygen atoms in total. The Bertz CT molecular complexity index is 694. The first-order chi connectivity index (χ1) is 10.6.